The van der Waals surface area contributed by atoms with Crippen LogP contribution in [0.1, 0.15) is 18.2 Å². The molecule has 2 N–H and O–H groups in total. The van der Waals surface area contributed by atoms with Crippen molar-refractivity contribution in [3.63, 3.8) is 0 Å². The number of benzene rings is 1. The van der Waals surface area contributed by atoms with Crippen LogP contribution < -0.4 is 20.1 Å². The Labute approximate surface area is 170 Å². The Morgan fingerprint density at radius 2 is 1.85 bits per heavy atom. The Balaban J connectivity index is 1.96. The highest BCUT2D eigenvalue weighted by Gasteiger charge is 2.09. The molecule has 0 radical (unpaired) electrons. The average Bonchev–Trinajstić information content (AvgIpc) is 2.92. The fourth-order valence-electron chi connectivity index (χ4n) is 2.60. The molecule has 0 saturated heterocycles. The van der Waals surface area contributed by atoms with Crippen LogP contribution in [-0.2, 0) is 20.0 Å². The number of nitrogens with one attached hydrogen (secondary N) is 2. The van der Waals surface area contributed by atoms with Gasteiger partial charge in [0.2, 0.25) is 0 Å². The molecule has 0 aliphatic heterocycles. The number of hydrogen-bond donors (Lipinski definition) is 2. The summed E-state index contributed by atoms with van der Waals surface area (Å²) in [5, 5.41) is 7.64. The lowest BCUT2D eigenvalue weighted by atomic mass is 10.1. The van der Waals surface area contributed by atoms with Crippen LogP contribution in [0.2, 0.25) is 10.2 Å². The molecule has 148 valence electrons. The third-order valence-corrected chi connectivity index (χ3v) is 4.96. The van der Waals surface area contributed by atoms with Crippen molar-refractivity contribution in [2.75, 3.05) is 27.3 Å². The number of rotatable bonds is 8. The number of nitrogens with zero attached hydrogens (tertiary/aromatic N) is 2. The highest BCUT2D eigenvalue weighted by Crippen LogP contribution is 2.27. The van der Waals surface area contributed by atoms with Crippen LogP contribution >= 0.6 is 23.2 Å². The molecule has 6 nitrogen and oxygen atoms in total. The van der Waals surface area contributed by atoms with Crippen molar-refractivity contribution >= 4 is 29.2 Å². The van der Waals surface area contributed by atoms with Crippen LogP contribution in [0.4, 0.5) is 0 Å². The van der Waals surface area contributed by atoms with Gasteiger partial charge in [-0.3, -0.25) is 0 Å². The van der Waals surface area contributed by atoms with Gasteiger partial charge in [0, 0.05) is 25.8 Å². The highest BCUT2D eigenvalue weighted by molar-refractivity contribution is 6.41. The minimum atomic E-state index is 0.481. The Morgan fingerprint density at radius 1 is 1.11 bits per heavy atom. The molecule has 0 saturated carbocycles. The van der Waals surface area contributed by atoms with Gasteiger partial charge in [0.1, 0.15) is 5.15 Å². The van der Waals surface area contributed by atoms with Crippen molar-refractivity contribution in [3.05, 3.63) is 45.7 Å². The van der Waals surface area contributed by atoms with E-state index in [1.807, 2.05) is 42.8 Å². The van der Waals surface area contributed by atoms with Crippen LogP contribution in [-0.4, -0.2) is 37.8 Å². The monoisotopic (exact) mass is 412 g/mol. The van der Waals surface area contributed by atoms with Crippen LogP contribution in [0.5, 0.6) is 11.5 Å². The zero-order chi connectivity index (χ0) is 19.8. The fraction of sp³-hybridized carbons (Fsp3) is 0.421. The van der Waals surface area contributed by atoms with Gasteiger partial charge < -0.3 is 24.7 Å². The molecule has 0 aliphatic carbocycles. The molecule has 0 bridgehead atoms. The Bertz CT molecular complexity index is 790. The summed E-state index contributed by atoms with van der Waals surface area (Å²) in [5.41, 5.74) is 2.10. The molecule has 0 aliphatic rings. The van der Waals surface area contributed by atoms with E-state index in [4.69, 9.17) is 32.7 Å². The van der Waals surface area contributed by atoms with Gasteiger partial charge in [-0.15, -0.1) is 0 Å². The first kappa shape index (κ1) is 21.3. The Hall–Kier alpha value is -2.05. The van der Waals surface area contributed by atoms with Crippen molar-refractivity contribution in [1.82, 2.24) is 15.2 Å². The van der Waals surface area contributed by atoms with E-state index in [1.54, 1.807) is 14.2 Å². The van der Waals surface area contributed by atoms with Crippen LogP contribution in [0.25, 0.3) is 0 Å². The lowest BCUT2D eigenvalue weighted by Crippen LogP contribution is -2.38. The number of guanidine groups is 1. The zero-order valence-electron chi connectivity index (χ0n) is 16.1. The fourth-order valence-corrected chi connectivity index (χ4v) is 3.02. The first-order chi connectivity index (χ1) is 13.0. The molecular weight excluding hydrogens is 387 g/mol. The summed E-state index contributed by atoms with van der Waals surface area (Å²) in [6, 6.07) is 7.76. The number of hydrogen-bond acceptors (Lipinski definition) is 3. The van der Waals surface area contributed by atoms with Crippen molar-refractivity contribution < 1.29 is 9.47 Å². The highest BCUT2D eigenvalue weighted by atomic mass is 35.5. The van der Waals surface area contributed by atoms with Gasteiger partial charge in [-0.2, -0.15) is 0 Å². The summed E-state index contributed by atoms with van der Waals surface area (Å²) in [7, 11) is 5.14. The van der Waals surface area contributed by atoms with E-state index in [0.29, 0.717) is 16.7 Å². The molecule has 0 amide bonds. The predicted molar refractivity (Wildman–Crippen MR) is 112 cm³/mol. The topological polar surface area (TPSA) is 59.8 Å². The molecule has 2 aromatic rings. The molecule has 0 unspecified atom stereocenters. The molecule has 1 aromatic heterocycles. The maximum Gasteiger partial charge on any atom is 0.191 e. The molecule has 1 aromatic carbocycles. The molecule has 1 heterocycles. The van der Waals surface area contributed by atoms with Gasteiger partial charge in [0.15, 0.2) is 17.5 Å². The van der Waals surface area contributed by atoms with Gasteiger partial charge in [0.25, 0.3) is 0 Å². The van der Waals surface area contributed by atoms with E-state index >= 15 is 0 Å². The second-order valence-electron chi connectivity index (χ2n) is 5.89. The van der Waals surface area contributed by atoms with Gasteiger partial charge in [-0.1, -0.05) is 29.3 Å². The van der Waals surface area contributed by atoms with Crippen LogP contribution in [0.3, 0.4) is 0 Å². The van der Waals surface area contributed by atoms with E-state index < -0.39 is 0 Å². The summed E-state index contributed by atoms with van der Waals surface area (Å²) in [6.07, 6.45) is 0.826. The SMILES string of the molecule is CCNC(=NCc1cc(Cl)c(Cl)n1C)NCCc1ccc(OC)c(OC)c1. The maximum absolute atomic E-state index is 6.10. The third kappa shape index (κ3) is 5.71. The quantitative estimate of drug-likeness (QED) is 0.513. The Kier molecular flexibility index (Phi) is 8.13. The number of ether oxygens (including phenoxy) is 2. The van der Waals surface area contributed by atoms with E-state index in [1.165, 1.54) is 0 Å². The summed E-state index contributed by atoms with van der Waals surface area (Å²) in [4.78, 5) is 4.60. The van der Waals surface area contributed by atoms with Crippen molar-refractivity contribution in [3.8, 4) is 11.5 Å². The number of aromatic nitrogens is 1. The molecule has 0 fully saturated rings. The van der Waals surface area contributed by atoms with E-state index in [2.05, 4.69) is 15.6 Å². The minimum Gasteiger partial charge on any atom is -0.493 e. The molecule has 8 heteroatoms. The Morgan fingerprint density at radius 3 is 2.44 bits per heavy atom. The van der Waals surface area contributed by atoms with Crippen molar-refractivity contribution in [2.24, 2.45) is 12.0 Å². The van der Waals surface area contributed by atoms with Gasteiger partial charge in [-0.25, -0.2) is 4.99 Å². The largest absolute Gasteiger partial charge is 0.493 e. The first-order valence-corrected chi connectivity index (χ1v) is 9.48. The van der Waals surface area contributed by atoms with Crippen LogP contribution in [0, 0.1) is 0 Å². The average molecular weight is 413 g/mol. The third-order valence-electron chi connectivity index (χ3n) is 4.11. The predicted octanol–water partition coefficient (Wildman–Crippen LogP) is 3.65. The molecule has 27 heavy (non-hydrogen) atoms. The van der Waals surface area contributed by atoms with E-state index in [9.17, 15) is 0 Å². The van der Waals surface area contributed by atoms with Gasteiger partial charge in [-0.05, 0) is 37.1 Å². The van der Waals surface area contributed by atoms with Crippen molar-refractivity contribution in [1.29, 1.82) is 0 Å². The second kappa shape index (κ2) is 10.3. The van der Waals surface area contributed by atoms with Crippen molar-refractivity contribution in [2.45, 2.75) is 19.9 Å². The van der Waals surface area contributed by atoms with Gasteiger partial charge >= 0.3 is 0 Å². The van der Waals surface area contributed by atoms with E-state index in [0.717, 1.165) is 48.2 Å². The number of halogens is 2. The lowest BCUT2D eigenvalue weighted by molar-refractivity contribution is 0.354. The van der Waals surface area contributed by atoms with E-state index in [-0.39, 0.29) is 0 Å². The summed E-state index contributed by atoms with van der Waals surface area (Å²) in [5.74, 6) is 2.20. The lowest BCUT2D eigenvalue weighted by Gasteiger charge is -2.13. The molecule has 0 spiro atoms. The number of methoxy groups -OCH3 is 2. The van der Waals surface area contributed by atoms with Crippen LogP contribution in [0.15, 0.2) is 29.3 Å². The molecule has 0 atom stereocenters. The van der Waals surface area contributed by atoms with Gasteiger partial charge in [0.05, 0.1) is 25.8 Å². The normalized spacial score (nSPS) is 11.4. The molecular formula is C19H26Cl2N4O2. The second-order valence-corrected chi connectivity index (χ2v) is 6.66. The zero-order valence-corrected chi connectivity index (χ0v) is 17.6. The summed E-state index contributed by atoms with van der Waals surface area (Å²) >= 11 is 12.2. The summed E-state index contributed by atoms with van der Waals surface area (Å²) < 4.78 is 12.5. The standard InChI is InChI=1S/C19H26Cl2N4O2/c1-5-22-19(24-12-14-11-15(20)18(21)25(14)2)23-9-8-13-6-7-16(26-3)17(10-13)27-4/h6-7,10-11H,5,8-9,12H2,1-4H3,(H2,22,23,24). The maximum atomic E-state index is 6.10. The smallest absolute Gasteiger partial charge is 0.191 e. The molecule has 2 rings (SSSR count). The number of aliphatic imine (C=N–C) groups is 1. The minimum absolute atomic E-state index is 0.481. The first-order valence-electron chi connectivity index (χ1n) is 8.72. The summed E-state index contributed by atoms with van der Waals surface area (Å²) in [6.45, 7) is 4.02.